The lowest BCUT2D eigenvalue weighted by molar-refractivity contribution is -0.142. The van der Waals surface area contributed by atoms with Crippen molar-refractivity contribution >= 4 is 150 Å². The summed E-state index contributed by atoms with van der Waals surface area (Å²) in [7, 11) is 7.60. The van der Waals surface area contributed by atoms with Crippen molar-refractivity contribution < 1.29 is 117 Å². The highest BCUT2D eigenvalue weighted by Gasteiger charge is 2.29. The summed E-state index contributed by atoms with van der Waals surface area (Å²) in [6.45, 7) is 7.43. The molecule has 0 saturated carbocycles. The Bertz CT molecular complexity index is 7190. The van der Waals surface area contributed by atoms with Crippen LogP contribution in [0.3, 0.4) is 0 Å². The van der Waals surface area contributed by atoms with E-state index in [1.807, 2.05) is 183 Å². The van der Waals surface area contributed by atoms with Crippen LogP contribution in [-0.2, 0) is 65.6 Å². The van der Waals surface area contributed by atoms with Crippen LogP contribution in [0.2, 0.25) is 5.02 Å². The molecule has 24 nitrogen and oxygen atoms in total. The Hall–Kier alpha value is -15.7. The molecule has 6 N–H and O–H groups in total. The Balaban J connectivity index is 0.000000166. The molecule has 0 bridgehead atoms. The van der Waals surface area contributed by atoms with E-state index in [9.17, 15) is 67.7 Å². The quantitative estimate of drug-likeness (QED) is 0.0159. The average molecular weight is 2070 g/mol. The zero-order valence-electron chi connectivity index (χ0n) is 79.1. The zero-order chi connectivity index (χ0) is 104. The number of carbonyl (C=O) groups excluding carboxylic acids is 6. The van der Waals surface area contributed by atoms with Crippen LogP contribution >= 0.6 is 79.6 Å². The predicted octanol–water partition coefficient (Wildman–Crippen LogP) is 25.6. The van der Waals surface area contributed by atoms with Crippen molar-refractivity contribution in [1.82, 2.24) is 0 Å². The summed E-state index contributed by atoms with van der Waals surface area (Å²) >= 11 is 13.6. The normalized spacial score (nSPS) is 10.9. The molecule has 0 fully saturated rings. The molecule has 0 amide bonds. The zero-order valence-corrected chi connectivity index (χ0v) is 84.8. The van der Waals surface area contributed by atoms with Gasteiger partial charge in [-0.3, -0.25) is 52.7 Å². The number of esters is 1. The molecule has 16 aromatic rings. The molecule has 736 valence electrons. The van der Waals surface area contributed by atoms with Gasteiger partial charge in [-0.05, 0) is 240 Å². The summed E-state index contributed by atoms with van der Waals surface area (Å²) in [6, 6.07) is 90.9. The number of hydrogen-bond acceptors (Lipinski definition) is 24. The molecule has 0 aliphatic heterocycles. The van der Waals surface area contributed by atoms with Crippen molar-refractivity contribution in [2.75, 3.05) is 42.2 Å². The smallest absolute Gasteiger partial charge is 0.345 e. The van der Waals surface area contributed by atoms with E-state index >= 15 is 0 Å². The van der Waals surface area contributed by atoms with E-state index in [0.29, 0.717) is 108 Å². The van der Waals surface area contributed by atoms with Crippen LogP contribution in [0.4, 0.5) is 0 Å². The first kappa shape index (κ1) is 109. The average Bonchev–Trinajstić information content (AvgIpc) is 1.66. The van der Waals surface area contributed by atoms with Crippen LogP contribution in [0.1, 0.15) is 153 Å². The fourth-order valence-corrected chi connectivity index (χ4v) is 21.5. The Kier molecular flexibility index (Phi) is 39.8. The topological polar surface area (TPSA) is 382 Å². The minimum Gasteiger partial charge on any atom is -0.497 e. The van der Waals surface area contributed by atoms with Crippen LogP contribution in [0, 0.1) is 0 Å². The monoisotopic (exact) mass is 2060 g/mol. The highest BCUT2D eigenvalue weighted by Crippen LogP contribution is 2.44. The van der Waals surface area contributed by atoms with E-state index in [2.05, 4.69) is 0 Å². The Morgan fingerprint density at radius 3 is 1.03 bits per heavy atom. The molecule has 0 aliphatic carbocycles. The van der Waals surface area contributed by atoms with Gasteiger partial charge in [0.25, 0.3) is 0 Å². The number of halogens is 1. The number of carbonyl (C=O) groups is 12. The Morgan fingerprint density at radius 1 is 0.312 bits per heavy atom. The number of aromatic carboxylic acids is 1. The van der Waals surface area contributed by atoms with Crippen LogP contribution in [0.15, 0.2) is 303 Å². The predicted molar refractivity (Wildman–Crippen MR) is 564 cm³/mol. The number of ketones is 5. The first-order chi connectivity index (χ1) is 69.2. The lowest BCUT2D eigenvalue weighted by Gasteiger charge is -2.10. The van der Waals surface area contributed by atoms with Gasteiger partial charge in [0.15, 0.2) is 23.1 Å². The summed E-state index contributed by atoms with van der Waals surface area (Å²) in [6.07, 6.45) is -0.324. The van der Waals surface area contributed by atoms with E-state index in [0.717, 1.165) is 86.0 Å². The van der Waals surface area contributed by atoms with Crippen molar-refractivity contribution in [3.05, 3.63) is 393 Å². The third-order valence-electron chi connectivity index (χ3n) is 21.7. The maximum Gasteiger partial charge on any atom is 0.345 e. The molecule has 6 heterocycles. The van der Waals surface area contributed by atoms with Gasteiger partial charge in [-0.15, -0.1) is 68.0 Å². The molecule has 144 heavy (non-hydrogen) atoms. The molecule has 31 heteroatoms. The number of aliphatic carboxylic acids is 5. The molecule has 0 aliphatic rings. The Morgan fingerprint density at radius 2 is 0.639 bits per heavy atom. The molecule has 16 rings (SSSR count). The number of hydrogen-bond donors (Lipinski definition) is 6. The number of thiophene rings is 6. The van der Waals surface area contributed by atoms with E-state index in [4.69, 9.17) is 60.4 Å². The van der Waals surface area contributed by atoms with Crippen molar-refractivity contribution in [3.8, 4) is 91.4 Å². The fraction of sp³-hybridized carbons (Fsp3) is 0.150. The van der Waals surface area contributed by atoms with E-state index in [-0.39, 0.29) is 71.9 Å². The number of carboxylic acid groups (broad SMARTS) is 6. The SMILES string of the molecule is CC(=O)c1cc(CC(=O)O)c(-c2ccccc2)s1.CCOc1ccc(CC(=O)c2cc(CC(=O)O)c(-c3ccc(OC)c(OC)c3)s2)cc1.COC(=O)C(C)c1cc(C(=O)c2ccccc2)sc1-c1ccccc1.COc1ccc(-c2sc(C(=O)O)cc2CC(=O)O)cc1.COc1ccc(C(=O)c2cc(C(C)C(=O)O)c(-c3ccccc3)s2)cc1.O=C(O)Cc1cc(C(=O)c2ccc(Cl)cc2)sc1-c1ccccc1. The molecule has 2 unspecified atom stereocenters. The van der Waals surface area contributed by atoms with Crippen LogP contribution < -0.4 is 23.7 Å². The number of benzene rings is 10. The molecule has 0 saturated heterocycles. The third kappa shape index (κ3) is 29.7. The summed E-state index contributed by atoms with van der Waals surface area (Å²) < 4.78 is 31.1. The lowest BCUT2D eigenvalue weighted by Crippen LogP contribution is -2.10. The number of carboxylic acids is 6. The summed E-state index contributed by atoms with van der Waals surface area (Å²) in [5, 5.41) is 55.3. The third-order valence-corrected chi connectivity index (χ3v) is 29.4. The summed E-state index contributed by atoms with van der Waals surface area (Å²) in [4.78, 5) is 149. The maximum atomic E-state index is 12.9. The van der Waals surface area contributed by atoms with Crippen molar-refractivity contribution in [3.63, 3.8) is 0 Å². The minimum atomic E-state index is -1.05. The molecular weight excluding hydrogens is 1970 g/mol. The molecule has 10 aromatic carbocycles. The number of methoxy groups -OCH3 is 5. The largest absolute Gasteiger partial charge is 0.497 e. The van der Waals surface area contributed by atoms with Gasteiger partial charge in [0.05, 0.1) is 104 Å². The number of rotatable bonds is 35. The Labute approximate surface area is 858 Å². The first-order valence-corrected chi connectivity index (χ1v) is 49.6. The van der Waals surface area contributed by atoms with Gasteiger partial charge in [-0.1, -0.05) is 175 Å². The lowest BCUT2D eigenvalue weighted by atomic mass is 9.97. The van der Waals surface area contributed by atoms with Gasteiger partial charge in [-0.25, -0.2) is 4.79 Å². The van der Waals surface area contributed by atoms with Crippen molar-refractivity contribution in [1.29, 1.82) is 0 Å². The van der Waals surface area contributed by atoms with Gasteiger partial charge < -0.3 is 59.1 Å². The van der Waals surface area contributed by atoms with Gasteiger partial charge in [0, 0.05) is 57.4 Å². The number of Topliss-reactive ketones (excluding diaryl/α,β-unsaturated/α-hetero) is 2. The summed E-state index contributed by atoms with van der Waals surface area (Å²) in [5.74, 6) is -4.32. The highest BCUT2D eigenvalue weighted by molar-refractivity contribution is 7.19. The van der Waals surface area contributed by atoms with E-state index in [1.54, 1.807) is 164 Å². The van der Waals surface area contributed by atoms with Gasteiger partial charge >= 0.3 is 41.8 Å². The van der Waals surface area contributed by atoms with Crippen molar-refractivity contribution in [2.45, 2.75) is 71.6 Å². The minimum absolute atomic E-state index is 0.0335. The second-order valence-corrected chi connectivity index (χ2v) is 38.4. The molecule has 0 radical (unpaired) electrons. The summed E-state index contributed by atoms with van der Waals surface area (Å²) in [5.41, 5.74) is 11.8. The maximum absolute atomic E-state index is 12.9. The van der Waals surface area contributed by atoms with Gasteiger partial charge in [0.2, 0.25) is 17.3 Å². The van der Waals surface area contributed by atoms with Crippen molar-refractivity contribution in [2.24, 2.45) is 0 Å². The molecule has 6 aromatic heterocycles. The van der Waals surface area contributed by atoms with Crippen LogP contribution in [-0.4, -0.2) is 143 Å². The fourth-order valence-electron chi connectivity index (χ4n) is 14.5. The van der Waals surface area contributed by atoms with E-state index < -0.39 is 47.7 Å². The second kappa shape index (κ2) is 52.7. The number of ether oxygens (including phenoxy) is 6. The van der Waals surface area contributed by atoms with Crippen LogP contribution in [0.25, 0.3) is 62.6 Å². The van der Waals surface area contributed by atoms with Gasteiger partial charge in [-0.2, -0.15) is 0 Å². The van der Waals surface area contributed by atoms with E-state index in [1.165, 1.54) is 76.8 Å². The molecule has 2 atom stereocenters. The standard InChI is InChI=1S/C24H24O6S.C21H18O4S.C21H18O3S.C19H13ClO3S.C14H12O5S.C14H12O3S/c1-4-30-18-8-5-15(6-9-18)11-19(25)22-13-17(14-23(26)27)24(31-22)16-7-10-20(28-2)21(12-16)29-3;1-13(21(23)24)17-12-18(26-20(17)15-6-4-3-5-7-15)19(22)14-8-10-16(25-2)11-9-14;1-14(21(23)24-2)17-13-18(19(22)15-9-5-3-6-10-15)25-20(17)16-11-7-4-8-12-16;20-15-8-6-12(7-9-15)18(23)16-10-14(11-17(21)22)19(24-16)13-4-2-1-3-5-13;1-19-10-4-2-8(3-5-10)13-9(7-12(15)16)6-11(20-13)14(17)18;1-9(15)12-7-11(8-13(16)17)14(18-12)10-5-3-2-4-6-10/h5-10,12-13H,4,11,14H2,1-3H3,(H,26,27);3-13H,1-2H3,(H,23,24);3-14H,1-2H3;1-10H,11H2,(H,21,22);2-6H,7H2,1H3,(H,15,16)(H,17,18);2-7H,8H2,1H3,(H,16,17). The second-order valence-electron chi connectivity index (χ2n) is 31.6. The van der Waals surface area contributed by atoms with Crippen LogP contribution in [0.5, 0.6) is 28.7 Å². The highest BCUT2D eigenvalue weighted by atomic mass is 35.5. The van der Waals surface area contributed by atoms with Gasteiger partial charge in [0.1, 0.15) is 22.1 Å². The molecular formula is C113H97ClO24S6. The first-order valence-electron chi connectivity index (χ1n) is 44.3. The molecule has 0 spiro atoms.